The van der Waals surface area contributed by atoms with Crippen LogP contribution < -0.4 is 4.90 Å². The molecule has 0 saturated carbocycles. The number of hydrogen-bond acceptors (Lipinski definition) is 5. The first-order chi connectivity index (χ1) is 18.2. The Bertz CT molecular complexity index is 1410. The number of rotatable bonds is 6. The molecule has 4 rings (SSSR count). The summed E-state index contributed by atoms with van der Waals surface area (Å²) in [7, 11) is 0. The van der Waals surface area contributed by atoms with Crippen LogP contribution in [0.15, 0.2) is 84.3 Å². The number of anilines is 1. The Hall–Kier alpha value is -4.65. The van der Waals surface area contributed by atoms with E-state index in [2.05, 4.69) is 4.98 Å². The molecule has 7 nitrogen and oxygen atoms in total. The Labute approximate surface area is 217 Å². The van der Waals surface area contributed by atoms with Gasteiger partial charge >= 0.3 is 18.2 Å². The average Bonchev–Trinajstić information content (AvgIpc) is 2.90. The van der Waals surface area contributed by atoms with E-state index in [0.717, 1.165) is 17.0 Å². The van der Waals surface area contributed by atoms with E-state index in [-0.39, 0.29) is 30.1 Å². The third-order valence-corrected chi connectivity index (χ3v) is 6.11. The van der Waals surface area contributed by atoms with E-state index in [1.165, 1.54) is 24.0 Å². The SMILES string of the molecule is CCOC(=O)C1=C(C)N(c2cccc(C(F)(F)F)c2)C(=O)N(Cc2cccnc2)C1c1ccc(C#N)cc1. The van der Waals surface area contributed by atoms with Gasteiger partial charge in [-0.2, -0.15) is 18.4 Å². The van der Waals surface area contributed by atoms with E-state index in [9.17, 15) is 28.0 Å². The standard InChI is InChI=1S/C28H23F3N4O3/c1-3-38-26(36)24-18(2)35(23-8-4-7-22(14-23)28(29,30)31)27(37)34(17-20-6-5-13-33-16-20)25(24)21-11-9-19(15-32)10-12-21/h4-14,16,25H,3,17H2,1-2H3. The van der Waals surface area contributed by atoms with Crippen LogP contribution in [-0.4, -0.2) is 28.5 Å². The van der Waals surface area contributed by atoms with Gasteiger partial charge in [-0.05, 0) is 61.4 Å². The second-order valence-electron chi connectivity index (χ2n) is 8.51. The number of carbonyl (C=O) groups excluding carboxylic acids is 2. The maximum absolute atomic E-state index is 14.0. The number of benzene rings is 2. The number of alkyl halides is 3. The predicted molar refractivity (Wildman–Crippen MR) is 132 cm³/mol. The van der Waals surface area contributed by atoms with E-state index in [1.54, 1.807) is 55.7 Å². The van der Waals surface area contributed by atoms with Gasteiger partial charge in [0, 0.05) is 24.6 Å². The van der Waals surface area contributed by atoms with E-state index < -0.39 is 29.8 Å². The van der Waals surface area contributed by atoms with Gasteiger partial charge in [-0.25, -0.2) is 9.59 Å². The van der Waals surface area contributed by atoms with Crippen molar-refractivity contribution >= 4 is 17.7 Å². The molecular weight excluding hydrogens is 497 g/mol. The minimum atomic E-state index is -4.63. The molecule has 0 spiro atoms. The number of allylic oxidation sites excluding steroid dienone is 1. The normalized spacial score (nSPS) is 15.9. The number of urea groups is 1. The van der Waals surface area contributed by atoms with Crippen LogP contribution in [0.1, 0.15) is 42.1 Å². The topological polar surface area (TPSA) is 86.5 Å². The maximum atomic E-state index is 14.0. The summed E-state index contributed by atoms with van der Waals surface area (Å²) in [5.74, 6) is -0.708. The molecule has 1 aliphatic heterocycles. The second kappa shape index (κ2) is 10.8. The van der Waals surface area contributed by atoms with Gasteiger partial charge in [-0.1, -0.05) is 24.3 Å². The molecule has 2 amide bonds. The molecule has 1 aliphatic rings. The number of pyridine rings is 1. The van der Waals surface area contributed by atoms with E-state index in [4.69, 9.17) is 4.74 Å². The lowest BCUT2D eigenvalue weighted by atomic mass is 9.91. The first-order valence-corrected chi connectivity index (χ1v) is 11.7. The summed E-state index contributed by atoms with van der Waals surface area (Å²) in [6.07, 6.45) is -1.49. The van der Waals surface area contributed by atoms with Crippen LogP contribution in [0.3, 0.4) is 0 Å². The fourth-order valence-corrected chi connectivity index (χ4v) is 4.38. The van der Waals surface area contributed by atoms with Gasteiger partial charge in [0.1, 0.15) is 0 Å². The van der Waals surface area contributed by atoms with E-state index >= 15 is 0 Å². The van der Waals surface area contributed by atoms with Gasteiger partial charge in [-0.3, -0.25) is 9.88 Å². The number of esters is 1. The van der Waals surface area contributed by atoms with Crippen molar-refractivity contribution in [2.75, 3.05) is 11.5 Å². The van der Waals surface area contributed by atoms with Crippen molar-refractivity contribution in [1.82, 2.24) is 9.88 Å². The minimum Gasteiger partial charge on any atom is -0.463 e. The second-order valence-corrected chi connectivity index (χ2v) is 8.51. The van der Waals surface area contributed by atoms with Crippen molar-refractivity contribution in [2.24, 2.45) is 0 Å². The highest BCUT2D eigenvalue weighted by Crippen LogP contribution is 2.42. The van der Waals surface area contributed by atoms with Gasteiger partial charge < -0.3 is 9.64 Å². The zero-order chi connectivity index (χ0) is 27.4. The molecule has 38 heavy (non-hydrogen) atoms. The first-order valence-electron chi connectivity index (χ1n) is 11.7. The van der Waals surface area contributed by atoms with Crippen molar-refractivity contribution < 1.29 is 27.5 Å². The summed E-state index contributed by atoms with van der Waals surface area (Å²) < 4.78 is 45.9. The maximum Gasteiger partial charge on any atom is 0.416 e. The fourth-order valence-electron chi connectivity index (χ4n) is 4.38. The predicted octanol–water partition coefficient (Wildman–Crippen LogP) is 5.99. The molecule has 2 aromatic carbocycles. The summed E-state index contributed by atoms with van der Waals surface area (Å²) in [6, 6.07) is 14.7. The highest BCUT2D eigenvalue weighted by atomic mass is 19.4. The monoisotopic (exact) mass is 520 g/mol. The lowest BCUT2D eigenvalue weighted by Gasteiger charge is -2.43. The number of ether oxygens (including phenoxy) is 1. The lowest BCUT2D eigenvalue weighted by Crippen LogP contribution is -2.50. The highest BCUT2D eigenvalue weighted by Gasteiger charge is 2.43. The fraction of sp³-hybridized carbons (Fsp3) is 0.214. The Morgan fingerprint density at radius 1 is 1.13 bits per heavy atom. The van der Waals surface area contributed by atoms with Crippen LogP contribution in [0.4, 0.5) is 23.7 Å². The largest absolute Gasteiger partial charge is 0.463 e. The highest BCUT2D eigenvalue weighted by molar-refractivity contribution is 6.03. The molecule has 2 heterocycles. The Balaban J connectivity index is 1.95. The number of nitrogens with zero attached hydrogens (tertiary/aromatic N) is 4. The third kappa shape index (κ3) is 5.22. The number of nitriles is 1. The van der Waals surface area contributed by atoms with Crippen LogP contribution in [0.25, 0.3) is 0 Å². The zero-order valence-corrected chi connectivity index (χ0v) is 20.6. The Kier molecular flexibility index (Phi) is 7.48. The van der Waals surface area contributed by atoms with Crippen molar-refractivity contribution in [3.63, 3.8) is 0 Å². The smallest absolute Gasteiger partial charge is 0.416 e. The van der Waals surface area contributed by atoms with Crippen LogP contribution >= 0.6 is 0 Å². The molecule has 1 aromatic heterocycles. The number of carbonyl (C=O) groups is 2. The average molecular weight is 521 g/mol. The Morgan fingerprint density at radius 2 is 1.87 bits per heavy atom. The third-order valence-electron chi connectivity index (χ3n) is 6.11. The molecule has 1 unspecified atom stereocenters. The number of halogens is 3. The van der Waals surface area contributed by atoms with E-state index in [0.29, 0.717) is 16.7 Å². The van der Waals surface area contributed by atoms with Gasteiger partial charge in [0.25, 0.3) is 0 Å². The Morgan fingerprint density at radius 3 is 2.47 bits per heavy atom. The first kappa shape index (κ1) is 26.4. The number of hydrogen-bond donors (Lipinski definition) is 0. The molecule has 0 saturated heterocycles. The summed E-state index contributed by atoms with van der Waals surface area (Å²) in [5, 5.41) is 9.23. The number of aromatic nitrogens is 1. The molecule has 0 radical (unpaired) electrons. The summed E-state index contributed by atoms with van der Waals surface area (Å²) in [6.45, 7) is 3.19. The van der Waals surface area contributed by atoms with Crippen LogP contribution in [0.5, 0.6) is 0 Å². The van der Waals surface area contributed by atoms with Gasteiger partial charge in [0.15, 0.2) is 0 Å². The van der Waals surface area contributed by atoms with Crippen LogP contribution in [0, 0.1) is 11.3 Å². The molecule has 3 aromatic rings. The number of amides is 2. The molecular formula is C28H23F3N4O3. The van der Waals surface area contributed by atoms with Crippen molar-refractivity contribution in [3.05, 3.63) is 107 Å². The minimum absolute atomic E-state index is 0.00296. The molecule has 1 atom stereocenters. The zero-order valence-electron chi connectivity index (χ0n) is 20.6. The van der Waals surface area contributed by atoms with Gasteiger partial charge in [0.05, 0.1) is 41.1 Å². The van der Waals surface area contributed by atoms with Crippen molar-refractivity contribution in [1.29, 1.82) is 5.26 Å². The van der Waals surface area contributed by atoms with Gasteiger partial charge in [-0.15, -0.1) is 0 Å². The van der Waals surface area contributed by atoms with Gasteiger partial charge in [0.2, 0.25) is 0 Å². The summed E-state index contributed by atoms with van der Waals surface area (Å²) >= 11 is 0. The van der Waals surface area contributed by atoms with E-state index in [1.807, 2.05) is 6.07 Å². The summed E-state index contributed by atoms with van der Waals surface area (Å²) in [5.41, 5.74) is 0.833. The molecule has 194 valence electrons. The lowest BCUT2D eigenvalue weighted by molar-refractivity contribution is -0.139. The summed E-state index contributed by atoms with van der Waals surface area (Å²) in [4.78, 5) is 34.0. The molecule has 0 fully saturated rings. The quantitative estimate of drug-likeness (QED) is 0.373. The van der Waals surface area contributed by atoms with Crippen molar-refractivity contribution in [3.8, 4) is 6.07 Å². The molecule has 10 heteroatoms. The molecule has 0 bridgehead atoms. The van der Waals surface area contributed by atoms with Crippen LogP contribution in [-0.2, 0) is 22.3 Å². The van der Waals surface area contributed by atoms with Crippen molar-refractivity contribution in [2.45, 2.75) is 32.6 Å². The molecule has 0 aliphatic carbocycles. The van der Waals surface area contributed by atoms with Crippen LogP contribution in [0.2, 0.25) is 0 Å². The molecule has 0 N–H and O–H groups in total.